The summed E-state index contributed by atoms with van der Waals surface area (Å²) in [6, 6.07) is 13.0. The van der Waals surface area contributed by atoms with Gasteiger partial charge in [0.25, 0.3) is 0 Å². The van der Waals surface area contributed by atoms with Crippen LogP contribution in [0.25, 0.3) is 0 Å². The Bertz CT molecular complexity index is 577. The Hall–Kier alpha value is -0.190. The minimum absolute atomic E-state index is 0.539. The fourth-order valence-electron chi connectivity index (χ4n) is 1.55. The second-order valence-corrected chi connectivity index (χ2v) is 6.66. The second-order valence-electron chi connectivity index (χ2n) is 3.93. The number of thioether (sulfide) groups is 1. The summed E-state index contributed by atoms with van der Waals surface area (Å²) >= 11 is 16.9. The molecule has 2 aromatic carbocycles. The molecular weight excluding hydrogens is 367 g/mol. The van der Waals surface area contributed by atoms with E-state index >= 15 is 0 Å². The van der Waals surface area contributed by atoms with Gasteiger partial charge in [-0.3, -0.25) is 0 Å². The summed E-state index contributed by atoms with van der Waals surface area (Å²) in [7, 11) is 0. The third-order valence-corrected chi connectivity index (χ3v) is 5.37. The smallest absolute Gasteiger partial charge is 0.0884 e. The maximum Gasteiger partial charge on any atom is 0.0884 e. The van der Waals surface area contributed by atoms with Crippen LogP contribution in [0, 0.1) is 0 Å². The van der Waals surface area contributed by atoms with Gasteiger partial charge in [0.15, 0.2) is 0 Å². The number of aliphatic hydroxyl groups is 1. The molecule has 1 atom stereocenters. The molecule has 19 heavy (non-hydrogen) atoms. The van der Waals surface area contributed by atoms with E-state index in [-0.39, 0.29) is 0 Å². The van der Waals surface area contributed by atoms with Gasteiger partial charge in [-0.25, -0.2) is 0 Å². The lowest BCUT2D eigenvalue weighted by Gasteiger charge is -2.12. The van der Waals surface area contributed by atoms with Crippen LogP contribution >= 0.6 is 50.9 Å². The SMILES string of the molecule is OC(CSc1ccccc1Cl)c1ccc(Cl)c(Br)c1. The Morgan fingerprint density at radius 3 is 2.53 bits per heavy atom. The summed E-state index contributed by atoms with van der Waals surface area (Å²) in [6.45, 7) is 0. The van der Waals surface area contributed by atoms with Gasteiger partial charge in [0, 0.05) is 15.1 Å². The molecule has 1 unspecified atom stereocenters. The minimum Gasteiger partial charge on any atom is -0.388 e. The van der Waals surface area contributed by atoms with E-state index in [1.54, 1.807) is 6.07 Å². The van der Waals surface area contributed by atoms with Gasteiger partial charge in [-0.2, -0.15) is 0 Å². The molecular formula is C14H11BrCl2OS. The average molecular weight is 378 g/mol. The first-order valence-electron chi connectivity index (χ1n) is 5.58. The molecule has 0 amide bonds. The molecule has 0 saturated heterocycles. The fraction of sp³-hybridized carbons (Fsp3) is 0.143. The molecule has 100 valence electrons. The molecule has 0 radical (unpaired) electrons. The van der Waals surface area contributed by atoms with Gasteiger partial charge in [-0.05, 0) is 45.8 Å². The Morgan fingerprint density at radius 2 is 1.84 bits per heavy atom. The van der Waals surface area contributed by atoms with Gasteiger partial charge in [-0.15, -0.1) is 11.8 Å². The summed E-state index contributed by atoms with van der Waals surface area (Å²) in [6.07, 6.45) is -0.560. The van der Waals surface area contributed by atoms with Gasteiger partial charge in [0.05, 0.1) is 16.1 Å². The van der Waals surface area contributed by atoms with Crippen molar-refractivity contribution in [2.45, 2.75) is 11.0 Å². The predicted molar refractivity (Wildman–Crippen MR) is 86.3 cm³/mol. The van der Waals surface area contributed by atoms with Crippen LogP contribution in [0.15, 0.2) is 51.8 Å². The predicted octanol–water partition coefficient (Wildman–Crippen LogP) is 5.58. The van der Waals surface area contributed by atoms with Crippen LogP contribution in [-0.4, -0.2) is 10.9 Å². The van der Waals surface area contributed by atoms with E-state index in [1.165, 1.54) is 11.8 Å². The Kier molecular flexibility index (Phi) is 5.60. The molecule has 0 heterocycles. The number of benzene rings is 2. The molecule has 0 saturated carbocycles. The second kappa shape index (κ2) is 7.00. The maximum absolute atomic E-state index is 10.2. The van der Waals surface area contributed by atoms with Crippen LogP contribution in [0.3, 0.4) is 0 Å². The molecule has 2 aromatic rings. The highest BCUT2D eigenvalue weighted by atomic mass is 79.9. The molecule has 0 aliphatic heterocycles. The average Bonchev–Trinajstić information content (AvgIpc) is 2.40. The first kappa shape index (κ1) is 15.2. The van der Waals surface area contributed by atoms with Crippen LogP contribution in [0.1, 0.15) is 11.7 Å². The Balaban J connectivity index is 2.03. The van der Waals surface area contributed by atoms with E-state index < -0.39 is 6.10 Å². The summed E-state index contributed by atoms with van der Waals surface area (Å²) in [5.41, 5.74) is 0.829. The third-order valence-electron chi connectivity index (χ3n) is 2.56. The van der Waals surface area contributed by atoms with Crippen LogP contribution in [0.4, 0.5) is 0 Å². The van der Waals surface area contributed by atoms with Gasteiger partial charge in [-0.1, -0.05) is 41.4 Å². The van der Waals surface area contributed by atoms with Gasteiger partial charge in [0.2, 0.25) is 0 Å². The van der Waals surface area contributed by atoms with Crippen molar-refractivity contribution in [2.24, 2.45) is 0 Å². The number of aliphatic hydroxyl groups excluding tert-OH is 1. The van der Waals surface area contributed by atoms with Crippen LogP contribution in [0.2, 0.25) is 10.0 Å². The highest BCUT2D eigenvalue weighted by molar-refractivity contribution is 9.10. The van der Waals surface area contributed by atoms with E-state index in [9.17, 15) is 5.11 Å². The van der Waals surface area contributed by atoms with E-state index in [0.29, 0.717) is 15.8 Å². The van der Waals surface area contributed by atoms with E-state index in [2.05, 4.69) is 15.9 Å². The lowest BCUT2D eigenvalue weighted by Crippen LogP contribution is -2.00. The molecule has 1 nitrogen and oxygen atoms in total. The minimum atomic E-state index is -0.560. The molecule has 0 spiro atoms. The van der Waals surface area contributed by atoms with Crippen LogP contribution in [0.5, 0.6) is 0 Å². The quantitative estimate of drug-likeness (QED) is 0.701. The van der Waals surface area contributed by atoms with Gasteiger partial charge >= 0.3 is 0 Å². The highest BCUT2D eigenvalue weighted by Gasteiger charge is 2.11. The monoisotopic (exact) mass is 376 g/mol. The lowest BCUT2D eigenvalue weighted by atomic mass is 10.1. The molecule has 0 aromatic heterocycles. The molecule has 0 fully saturated rings. The van der Waals surface area contributed by atoms with E-state index in [1.807, 2.05) is 36.4 Å². The van der Waals surface area contributed by atoms with Gasteiger partial charge in [0.1, 0.15) is 0 Å². The summed E-state index contributed by atoms with van der Waals surface area (Å²) in [5.74, 6) is 0.539. The summed E-state index contributed by atoms with van der Waals surface area (Å²) < 4.78 is 0.786. The zero-order valence-electron chi connectivity index (χ0n) is 9.82. The molecule has 0 aliphatic carbocycles. The molecule has 0 bridgehead atoms. The van der Waals surface area contributed by atoms with Crippen molar-refractivity contribution < 1.29 is 5.11 Å². The topological polar surface area (TPSA) is 20.2 Å². The van der Waals surface area contributed by atoms with Crippen molar-refractivity contribution in [3.8, 4) is 0 Å². The number of rotatable bonds is 4. The lowest BCUT2D eigenvalue weighted by molar-refractivity contribution is 0.204. The first-order valence-corrected chi connectivity index (χ1v) is 8.11. The number of hydrogen-bond donors (Lipinski definition) is 1. The number of hydrogen-bond acceptors (Lipinski definition) is 2. The van der Waals surface area contributed by atoms with Crippen molar-refractivity contribution in [3.05, 3.63) is 62.5 Å². The Labute approximate surface area is 135 Å². The standard InChI is InChI=1S/C14H11BrCl2OS/c15-10-7-9(5-6-11(10)16)13(18)8-19-14-4-2-1-3-12(14)17/h1-7,13,18H,8H2. The van der Waals surface area contributed by atoms with Crippen molar-refractivity contribution >= 4 is 50.9 Å². The summed E-state index contributed by atoms with van der Waals surface area (Å²) in [5, 5.41) is 11.5. The van der Waals surface area contributed by atoms with Crippen molar-refractivity contribution in [3.63, 3.8) is 0 Å². The van der Waals surface area contributed by atoms with Crippen molar-refractivity contribution in [2.75, 3.05) is 5.75 Å². The van der Waals surface area contributed by atoms with Crippen LogP contribution in [-0.2, 0) is 0 Å². The maximum atomic E-state index is 10.2. The normalized spacial score (nSPS) is 12.4. The highest BCUT2D eigenvalue weighted by Crippen LogP contribution is 2.32. The third kappa shape index (κ3) is 4.14. The number of halogens is 3. The van der Waals surface area contributed by atoms with Gasteiger partial charge < -0.3 is 5.11 Å². The molecule has 0 aliphatic rings. The molecule has 2 rings (SSSR count). The van der Waals surface area contributed by atoms with E-state index in [0.717, 1.165) is 14.9 Å². The van der Waals surface area contributed by atoms with Crippen LogP contribution < -0.4 is 0 Å². The van der Waals surface area contributed by atoms with Crippen molar-refractivity contribution in [1.29, 1.82) is 0 Å². The summed E-state index contributed by atoms with van der Waals surface area (Å²) in [4.78, 5) is 0.969. The zero-order chi connectivity index (χ0) is 13.8. The Morgan fingerprint density at radius 1 is 1.11 bits per heavy atom. The van der Waals surface area contributed by atoms with E-state index in [4.69, 9.17) is 23.2 Å². The van der Waals surface area contributed by atoms with Crippen molar-refractivity contribution in [1.82, 2.24) is 0 Å². The molecule has 5 heteroatoms. The largest absolute Gasteiger partial charge is 0.388 e. The zero-order valence-corrected chi connectivity index (χ0v) is 13.7. The first-order chi connectivity index (χ1) is 9.08. The fourth-order valence-corrected chi connectivity index (χ4v) is 3.27. The molecule has 1 N–H and O–H groups in total.